The first-order chi connectivity index (χ1) is 14.2. The summed E-state index contributed by atoms with van der Waals surface area (Å²) in [6.45, 7) is 1.43. The highest BCUT2D eigenvalue weighted by Crippen LogP contribution is 2.30. The van der Waals surface area contributed by atoms with E-state index < -0.39 is 10.0 Å². The van der Waals surface area contributed by atoms with E-state index in [2.05, 4.69) is 25.3 Å². The maximum absolute atomic E-state index is 12.8. The lowest BCUT2D eigenvalue weighted by atomic mass is 10.1. The van der Waals surface area contributed by atoms with Crippen LogP contribution in [0.3, 0.4) is 0 Å². The van der Waals surface area contributed by atoms with Gasteiger partial charge in [0.2, 0.25) is 11.9 Å². The van der Waals surface area contributed by atoms with Crippen LogP contribution in [0, 0.1) is 0 Å². The van der Waals surface area contributed by atoms with Crippen molar-refractivity contribution in [3.63, 3.8) is 0 Å². The zero-order valence-electron chi connectivity index (χ0n) is 16.3. The fraction of sp³-hybridized carbons (Fsp3) is 0.167. The summed E-state index contributed by atoms with van der Waals surface area (Å²) in [5.74, 6) is -0.159. The van der Waals surface area contributed by atoms with Crippen molar-refractivity contribution in [3.8, 4) is 11.3 Å². The third kappa shape index (κ3) is 3.74. The zero-order valence-corrected chi connectivity index (χ0v) is 17.9. The fourth-order valence-electron chi connectivity index (χ4n) is 2.72. The number of hydrogen-bond donors (Lipinski definition) is 1. The van der Waals surface area contributed by atoms with Crippen molar-refractivity contribution in [3.05, 3.63) is 43.0 Å². The van der Waals surface area contributed by atoms with Crippen molar-refractivity contribution >= 4 is 48.6 Å². The largest absolute Gasteiger partial charge is 0.339 e. The molecule has 0 atom stereocenters. The molecule has 0 aliphatic heterocycles. The number of anilines is 2. The smallest absolute Gasteiger partial charge is 0.285 e. The molecule has 0 aliphatic carbocycles. The number of hydrogen-bond acceptors (Lipinski definition) is 8. The molecule has 12 heteroatoms. The summed E-state index contributed by atoms with van der Waals surface area (Å²) in [6.07, 6.45) is 4.33. The quantitative estimate of drug-likeness (QED) is 0.502. The number of carbonyl (C=O) groups is 1. The van der Waals surface area contributed by atoms with Crippen LogP contribution in [0.1, 0.15) is 6.92 Å². The first kappa shape index (κ1) is 19.9. The summed E-state index contributed by atoms with van der Waals surface area (Å²) >= 11 is 1.35. The summed E-state index contributed by atoms with van der Waals surface area (Å²) in [5, 5.41) is 3.10. The van der Waals surface area contributed by atoms with Gasteiger partial charge < -0.3 is 9.88 Å². The Morgan fingerprint density at radius 3 is 2.70 bits per heavy atom. The molecule has 4 rings (SSSR count). The van der Waals surface area contributed by atoms with Crippen LogP contribution in [0.4, 0.5) is 11.1 Å². The Morgan fingerprint density at radius 1 is 1.20 bits per heavy atom. The monoisotopic (exact) mass is 443 g/mol. The van der Waals surface area contributed by atoms with Crippen molar-refractivity contribution in [1.82, 2.24) is 24.5 Å². The van der Waals surface area contributed by atoms with Crippen molar-refractivity contribution in [2.24, 2.45) is 7.05 Å². The third-order valence-corrected chi connectivity index (χ3v) is 6.76. The SMILES string of the molecule is CC(=O)Nc1nc2ccc(-c3ccnc(N(C)S(=O)(=O)c4cn(C)cn4)n3)cc2s1. The van der Waals surface area contributed by atoms with Gasteiger partial charge in [0.25, 0.3) is 10.0 Å². The van der Waals surface area contributed by atoms with E-state index in [9.17, 15) is 13.2 Å². The van der Waals surface area contributed by atoms with Gasteiger partial charge in [0.05, 0.1) is 22.2 Å². The minimum Gasteiger partial charge on any atom is -0.339 e. The van der Waals surface area contributed by atoms with Gasteiger partial charge in [-0.3, -0.25) is 4.79 Å². The van der Waals surface area contributed by atoms with E-state index in [1.165, 1.54) is 44.0 Å². The standard InChI is InChI=1S/C18H17N7O3S2/c1-11(26)21-18-23-14-5-4-12(8-15(14)29-18)13-6-7-19-17(22-13)25(3)30(27,28)16-9-24(2)10-20-16/h4-10H,1-3H3,(H,21,23,26). The lowest BCUT2D eigenvalue weighted by Gasteiger charge is -2.16. The molecule has 3 aromatic heterocycles. The molecule has 0 aliphatic rings. The Kier molecular flexibility index (Phi) is 4.95. The summed E-state index contributed by atoms with van der Waals surface area (Å²) in [7, 11) is -0.810. The lowest BCUT2D eigenvalue weighted by molar-refractivity contribution is -0.114. The number of aryl methyl sites for hydroxylation is 1. The molecular weight excluding hydrogens is 426 g/mol. The number of imidazole rings is 1. The van der Waals surface area contributed by atoms with Gasteiger partial charge in [0.15, 0.2) is 10.2 Å². The van der Waals surface area contributed by atoms with Crippen LogP contribution < -0.4 is 9.62 Å². The van der Waals surface area contributed by atoms with Crippen LogP contribution in [0.5, 0.6) is 0 Å². The van der Waals surface area contributed by atoms with E-state index in [0.717, 1.165) is 20.1 Å². The number of carbonyl (C=O) groups excluding carboxylic acids is 1. The van der Waals surface area contributed by atoms with Gasteiger partial charge >= 0.3 is 0 Å². The van der Waals surface area contributed by atoms with Crippen molar-refractivity contribution in [2.45, 2.75) is 11.9 Å². The van der Waals surface area contributed by atoms with Crippen molar-refractivity contribution < 1.29 is 13.2 Å². The minimum atomic E-state index is -3.88. The van der Waals surface area contributed by atoms with Gasteiger partial charge in [-0.25, -0.2) is 24.2 Å². The molecule has 0 saturated heterocycles. The van der Waals surface area contributed by atoms with Crippen LogP contribution in [-0.2, 0) is 21.9 Å². The highest BCUT2D eigenvalue weighted by molar-refractivity contribution is 7.92. The Morgan fingerprint density at radius 2 is 2.00 bits per heavy atom. The van der Waals surface area contributed by atoms with E-state index in [4.69, 9.17) is 0 Å². The lowest BCUT2D eigenvalue weighted by Crippen LogP contribution is -2.28. The Labute approximate surface area is 176 Å². The topological polar surface area (TPSA) is 123 Å². The van der Waals surface area contributed by atoms with E-state index in [1.807, 2.05) is 18.2 Å². The number of amides is 1. The van der Waals surface area contributed by atoms with Gasteiger partial charge in [-0.2, -0.15) is 8.42 Å². The van der Waals surface area contributed by atoms with Gasteiger partial charge in [-0.15, -0.1) is 0 Å². The van der Waals surface area contributed by atoms with Crippen LogP contribution in [0.15, 0.2) is 48.0 Å². The summed E-state index contributed by atoms with van der Waals surface area (Å²) in [6, 6.07) is 7.24. The van der Waals surface area contributed by atoms with E-state index >= 15 is 0 Å². The molecule has 154 valence electrons. The molecule has 1 amide bonds. The van der Waals surface area contributed by atoms with Gasteiger partial charge in [-0.05, 0) is 18.2 Å². The number of fused-ring (bicyclic) bond motifs is 1. The van der Waals surface area contributed by atoms with Gasteiger partial charge in [-0.1, -0.05) is 17.4 Å². The molecule has 4 aromatic rings. The Hall–Kier alpha value is -3.38. The molecule has 1 N–H and O–H groups in total. The molecule has 0 radical (unpaired) electrons. The highest BCUT2D eigenvalue weighted by atomic mass is 32.2. The summed E-state index contributed by atoms with van der Waals surface area (Å²) in [5.41, 5.74) is 2.07. The average Bonchev–Trinajstić information content (AvgIpc) is 3.32. The molecule has 0 saturated carbocycles. The molecule has 0 spiro atoms. The van der Waals surface area contributed by atoms with E-state index in [0.29, 0.717) is 10.8 Å². The minimum absolute atomic E-state index is 0.0292. The average molecular weight is 444 g/mol. The second kappa shape index (κ2) is 7.46. The predicted octanol–water partition coefficient (Wildman–Crippen LogP) is 2.27. The maximum atomic E-state index is 12.8. The van der Waals surface area contributed by atoms with Crippen LogP contribution in [0.25, 0.3) is 21.5 Å². The number of thiazole rings is 1. The Bertz CT molecular complexity index is 1360. The van der Waals surface area contributed by atoms with Gasteiger partial charge in [0.1, 0.15) is 0 Å². The predicted molar refractivity (Wildman–Crippen MR) is 114 cm³/mol. The second-order valence-electron chi connectivity index (χ2n) is 6.47. The van der Waals surface area contributed by atoms with E-state index in [-0.39, 0.29) is 16.9 Å². The fourth-order valence-corrected chi connectivity index (χ4v) is 4.73. The molecule has 30 heavy (non-hydrogen) atoms. The first-order valence-corrected chi connectivity index (χ1v) is 11.0. The number of nitrogens with zero attached hydrogens (tertiary/aromatic N) is 6. The summed E-state index contributed by atoms with van der Waals surface area (Å²) < 4.78 is 29.0. The number of benzene rings is 1. The van der Waals surface area contributed by atoms with Crippen molar-refractivity contribution in [2.75, 3.05) is 16.7 Å². The van der Waals surface area contributed by atoms with Crippen LogP contribution >= 0.6 is 11.3 Å². The van der Waals surface area contributed by atoms with Crippen LogP contribution in [-0.4, -0.2) is 45.9 Å². The number of aromatic nitrogens is 5. The third-order valence-electron chi connectivity index (χ3n) is 4.20. The number of rotatable bonds is 5. The second-order valence-corrected chi connectivity index (χ2v) is 9.42. The molecule has 0 fully saturated rings. The molecule has 0 bridgehead atoms. The van der Waals surface area contributed by atoms with Crippen molar-refractivity contribution in [1.29, 1.82) is 0 Å². The Balaban J connectivity index is 1.68. The normalized spacial score (nSPS) is 11.6. The molecule has 3 heterocycles. The zero-order chi connectivity index (χ0) is 21.5. The maximum Gasteiger partial charge on any atom is 0.285 e. The van der Waals surface area contributed by atoms with E-state index in [1.54, 1.807) is 17.7 Å². The molecule has 0 unspecified atom stereocenters. The summed E-state index contributed by atoms with van der Waals surface area (Å²) in [4.78, 5) is 28.0. The number of sulfonamides is 1. The molecular formula is C18H17N7O3S2. The first-order valence-electron chi connectivity index (χ1n) is 8.72. The number of nitrogens with one attached hydrogen (secondary N) is 1. The van der Waals surface area contributed by atoms with Gasteiger partial charge in [0, 0.05) is 39.0 Å². The molecule has 1 aromatic carbocycles. The molecule has 10 nitrogen and oxygen atoms in total. The van der Waals surface area contributed by atoms with Crippen LogP contribution in [0.2, 0.25) is 0 Å². The highest BCUT2D eigenvalue weighted by Gasteiger charge is 2.26.